The minimum atomic E-state index is -0.0843. The summed E-state index contributed by atoms with van der Waals surface area (Å²) in [6, 6.07) is 9.69. The molecule has 0 saturated heterocycles. The number of carbonyl (C=O) groups is 2. The Morgan fingerprint density at radius 3 is 2.56 bits per heavy atom. The average Bonchev–Trinajstić information content (AvgIpc) is 3.11. The molecule has 0 unspecified atom stereocenters. The van der Waals surface area contributed by atoms with Crippen molar-refractivity contribution in [2.45, 2.75) is 52.0 Å². The molecule has 2 amide bonds. The van der Waals surface area contributed by atoms with Crippen molar-refractivity contribution in [3.8, 4) is 11.3 Å². The van der Waals surface area contributed by atoms with Crippen LogP contribution < -0.4 is 5.32 Å². The maximum absolute atomic E-state index is 12.8. The van der Waals surface area contributed by atoms with Gasteiger partial charge in [0.1, 0.15) is 11.5 Å². The first kappa shape index (κ1) is 17.8. The van der Waals surface area contributed by atoms with E-state index in [4.69, 9.17) is 4.42 Å². The fourth-order valence-corrected chi connectivity index (χ4v) is 4.19. The molecule has 1 aliphatic heterocycles. The Morgan fingerprint density at radius 2 is 1.85 bits per heavy atom. The number of furan rings is 1. The lowest BCUT2D eigenvalue weighted by Gasteiger charge is -2.31. The second-order valence-corrected chi connectivity index (χ2v) is 7.66. The zero-order chi connectivity index (χ0) is 18.8. The molecular weight excluding hydrogens is 340 g/mol. The molecule has 0 bridgehead atoms. The Balaban J connectivity index is 1.47. The smallest absolute Gasteiger partial charge is 0.225 e. The lowest BCUT2D eigenvalue weighted by molar-refractivity contribution is -0.137. The second-order valence-electron chi connectivity index (χ2n) is 7.66. The van der Waals surface area contributed by atoms with Crippen molar-refractivity contribution in [2.24, 2.45) is 5.92 Å². The quantitative estimate of drug-likeness (QED) is 0.877. The summed E-state index contributed by atoms with van der Waals surface area (Å²) in [4.78, 5) is 26.0. The van der Waals surface area contributed by atoms with Gasteiger partial charge >= 0.3 is 0 Å². The molecule has 1 aromatic heterocycles. The highest BCUT2D eigenvalue weighted by molar-refractivity contribution is 5.88. The molecule has 2 aliphatic rings. The van der Waals surface area contributed by atoms with Gasteiger partial charge in [-0.2, -0.15) is 0 Å². The highest BCUT2D eigenvalue weighted by Crippen LogP contribution is 2.32. The average molecular weight is 366 g/mol. The number of nitrogens with zero attached hydrogens (tertiary/aromatic N) is 1. The van der Waals surface area contributed by atoms with Crippen LogP contribution in [-0.2, 0) is 22.6 Å². The zero-order valence-electron chi connectivity index (χ0n) is 15.8. The molecule has 1 aromatic carbocycles. The van der Waals surface area contributed by atoms with Crippen LogP contribution in [0.3, 0.4) is 0 Å². The fraction of sp³-hybridized carbons (Fsp3) is 0.455. The molecule has 4 rings (SSSR count). The molecule has 1 saturated carbocycles. The number of benzene rings is 1. The normalized spacial score (nSPS) is 17.4. The minimum absolute atomic E-state index is 0.0843. The van der Waals surface area contributed by atoms with Crippen LogP contribution in [-0.4, -0.2) is 23.3 Å². The maximum atomic E-state index is 12.8. The van der Waals surface area contributed by atoms with E-state index in [1.165, 1.54) is 26.2 Å². The molecule has 5 heteroatoms. The van der Waals surface area contributed by atoms with E-state index >= 15 is 0 Å². The van der Waals surface area contributed by atoms with Crippen LogP contribution >= 0.6 is 0 Å². The van der Waals surface area contributed by atoms with Crippen LogP contribution in [0.2, 0.25) is 0 Å². The summed E-state index contributed by atoms with van der Waals surface area (Å²) in [5, 5.41) is 2.77. The standard InChI is InChI=1S/C22H26N2O3/c1-15(25)23-19-9-7-16(8-10-19)21-13-18-14-24(12-11-20(18)27-21)22(26)17-5-3-2-4-6-17/h7-10,13,17H,2-6,11-12,14H2,1H3,(H,23,25). The monoisotopic (exact) mass is 366 g/mol. The third-order valence-electron chi connectivity index (χ3n) is 5.62. The summed E-state index contributed by atoms with van der Waals surface area (Å²) in [7, 11) is 0. The van der Waals surface area contributed by atoms with Crippen molar-refractivity contribution < 1.29 is 14.0 Å². The molecule has 1 fully saturated rings. The molecular formula is C22H26N2O3. The van der Waals surface area contributed by atoms with Crippen LogP contribution in [0, 0.1) is 5.92 Å². The molecule has 0 spiro atoms. The van der Waals surface area contributed by atoms with Gasteiger partial charge in [-0.1, -0.05) is 19.3 Å². The maximum Gasteiger partial charge on any atom is 0.225 e. The molecule has 1 aliphatic carbocycles. The summed E-state index contributed by atoms with van der Waals surface area (Å²) in [5.41, 5.74) is 2.86. The zero-order valence-corrected chi connectivity index (χ0v) is 15.8. The van der Waals surface area contributed by atoms with Crippen molar-refractivity contribution in [3.05, 3.63) is 41.7 Å². The van der Waals surface area contributed by atoms with Gasteiger partial charge in [0.05, 0.1) is 0 Å². The van der Waals surface area contributed by atoms with Gasteiger partial charge in [-0.05, 0) is 43.2 Å². The molecule has 142 valence electrons. The summed E-state index contributed by atoms with van der Waals surface area (Å²) in [6.07, 6.45) is 6.48. The van der Waals surface area contributed by atoms with Gasteiger partial charge in [-0.3, -0.25) is 9.59 Å². The van der Waals surface area contributed by atoms with E-state index in [2.05, 4.69) is 11.4 Å². The number of carbonyl (C=O) groups excluding carboxylic acids is 2. The van der Waals surface area contributed by atoms with Gasteiger partial charge < -0.3 is 14.6 Å². The predicted molar refractivity (Wildman–Crippen MR) is 104 cm³/mol. The van der Waals surface area contributed by atoms with Crippen LogP contribution in [0.15, 0.2) is 34.7 Å². The predicted octanol–water partition coefficient (Wildman–Crippen LogP) is 4.37. The van der Waals surface area contributed by atoms with Crippen molar-refractivity contribution in [2.75, 3.05) is 11.9 Å². The van der Waals surface area contributed by atoms with E-state index in [9.17, 15) is 9.59 Å². The first-order chi connectivity index (χ1) is 13.1. The third-order valence-corrected chi connectivity index (χ3v) is 5.62. The largest absolute Gasteiger partial charge is 0.461 e. The molecule has 2 aromatic rings. The molecule has 1 N–H and O–H groups in total. The number of hydrogen-bond donors (Lipinski definition) is 1. The third kappa shape index (κ3) is 3.92. The number of nitrogens with one attached hydrogen (secondary N) is 1. The van der Waals surface area contributed by atoms with Gasteiger partial charge in [0.2, 0.25) is 11.8 Å². The lowest BCUT2D eigenvalue weighted by atomic mass is 9.88. The van der Waals surface area contributed by atoms with E-state index in [1.54, 1.807) is 0 Å². The number of fused-ring (bicyclic) bond motifs is 1. The molecule has 0 radical (unpaired) electrons. The van der Waals surface area contributed by atoms with E-state index < -0.39 is 0 Å². The SMILES string of the molecule is CC(=O)Nc1ccc(-c2cc3c(o2)CCN(C(=O)C2CCCCC2)C3)cc1. The molecule has 2 heterocycles. The summed E-state index contributed by atoms with van der Waals surface area (Å²) < 4.78 is 6.06. The van der Waals surface area contributed by atoms with Crippen molar-refractivity contribution in [3.63, 3.8) is 0 Å². The van der Waals surface area contributed by atoms with Gasteiger partial charge in [0, 0.05) is 49.2 Å². The summed E-state index contributed by atoms with van der Waals surface area (Å²) in [6.45, 7) is 2.89. The highest BCUT2D eigenvalue weighted by Gasteiger charge is 2.29. The van der Waals surface area contributed by atoms with Crippen molar-refractivity contribution in [1.82, 2.24) is 4.90 Å². The van der Waals surface area contributed by atoms with Crippen molar-refractivity contribution in [1.29, 1.82) is 0 Å². The Kier molecular flexibility index (Phi) is 5.01. The van der Waals surface area contributed by atoms with Gasteiger partial charge in [-0.25, -0.2) is 0 Å². The summed E-state index contributed by atoms with van der Waals surface area (Å²) in [5.74, 6) is 2.26. The first-order valence-electron chi connectivity index (χ1n) is 9.88. The van der Waals surface area contributed by atoms with Gasteiger partial charge in [0.25, 0.3) is 0 Å². The van der Waals surface area contributed by atoms with Crippen LogP contribution in [0.5, 0.6) is 0 Å². The number of anilines is 1. The lowest BCUT2D eigenvalue weighted by Crippen LogP contribution is -2.40. The number of amides is 2. The molecule has 5 nitrogen and oxygen atoms in total. The van der Waals surface area contributed by atoms with Crippen LogP contribution in [0.25, 0.3) is 11.3 Å². The van der Waals surface area contributed by atoms with Crippen molar-refractivity contribution >= 4 is 17.5 Å². The highest BCUT2D eigenvalue weighted by atomic mass is 16.3. The Labute approximate surface area is 159 Å². The Bertz CT molecular complexity index is 832. The summed E-state index contributed by atoms with van der Waals surface area (Å²) >= 11 is 0. The molecule has 0 atom stereocenters. The number of rotatable bonds is 3. The van der Waals surface area contributed by atoms with E-state index in [-0.39, 0.29) is 11.8 Å². The fourth-order valence-electron chi connectivity index (χ4n) is 4.19. The first-order valence-corrected chi connectivity index (χ1v) is 9.88. The Hall–Kier alpha value is -2.56. The van der Waals surface area contributed by atoms with E-state index in [0.29, 0.717) is 12.5 Å². The van der Waals surface area contributed by atoms with E-state index in [0.717, 1.165) is 54.1 Å². The number of hydrogen-bond acceptors (Lipinski definition) is 3. The van der Waals surface area contributed by atoms with Gasteiger partial charge in [-0.15, -0.1) is 0 Å². The van der Waals surface area contributed by atoms with Gasteiger partial charge in [0.15, 0.2) is 0 Å². The Morgan fingerprint density at radius 1 is 1.11 bits per heavy atom. The topological polar surface area (TPSA) is 62.6 Å². The second kappa shape index (κ2) is 7.59. The van der Waals surface area contributed by atoms with E-state index in [1.807, 2.05) is 29.2 Å². The van der Waals surface area contributed by atoms with Crippen LogP contribution in [0.1, 0.15) is 50.4 Å². The minimum Gasteiger partial charge on any atom is -0.461 e. The van der Waals surface area contributed by atoms with Crippen LogP contribution in [0.4, 0.5) is 5.69 Å². The molecule has 27 heavy (non-hydrogen) atoms.